The molecule has 10 heteroatoms. The van der Waals surface area contributed by atoms with E-state index in [0.29, 0.717) is 4.90 Å². The maximum absolute atomic E-state index is 12.7. The van der Waals surface area contributed by atoms with Crippen LogP contribution in [-0.2, 0) is 19.1 Å². The monoisotopic (exact) mass is 374 g/mol. The predicted octanol–water partition coefficient (Wildman–Crippen LogP) is -0.770. The molecule has 0 aliphatic carbocycles. The fraction of sp³-hybridized carbons (Fsp3) is 0.353. The van der Waals surface area contributed by atoms with Crippen LogP contribution in [0, 0.1) is 0 Å². The van der Waals surface area contributed by atoms with Crippen molar-refractivity contribution in [1.82, 2.24) is 9.80 Å². The molecule has 1 aromatic carbocycles. The van der Waals surface area contributed by atoms with Crippen molar-refractivity contribution in [2.75, 3.05) is 12.5 Å². The molecule has 0 aromatic heterocycles. The Labute approximate surface area is 154 Å². The molecular formula is C17H18N4O6. The molecule has 0 saturated carbocycles. The molecule has 0 radical (unpaired) electrons. The summed E-state index contributed by atoms with van der Waals surface area (Å²) in [5, 5.41) is 0. The third kappa shape index (κ3) is 3.04. The highest BCUT2D eigenvalue weighted by atomic mass is 16.5. The van der Waals surface area contributed by atoms with Gasteiger partial charge in [-0.1, -0.05) is 6.07 Å². The Balaban J connectivity index is 1.83. The number of carbonyl (C=O) groups excluding carboxylic acids is 5. The summed E-state index contributed by atoms with van der Waals surface area (Å²) in [6.45, 7) is 0.772. The zero-order chi connectivity index (χ0) is 19.9. The number of imide groups is 2. The first kappa shape index (κ1) is 18.5. The van der Waals surface area contributed by atoms with E-state index in [9.17, 15) is 24.0 Å². The van der Waals surface area contributed by atoms with E-state index < -0.39 is 48.4 Å². The number of nitrogen functional groups attached to an aromatic ring is 1. The van der Waals surface area contributed by atoms with E-state index in [4.69, 9.17) is 16.2 Å². The van der Waals surface area contributed by atoms with Gasteiger partial charge in [0.15, 0.2) is 6.73 Å². The largest absolute Gasteiger partial charge is 0.443 e. The van der Waals surface area contributed by atoms with Gasteiger partial charge in [-0.05, 0) is 25.5 Å². The summed E-state index contributed by atoms with van der Waals surface area (Å²) >= 11 is 0. The van der Waals surface area contributed by atoms with Crippen LogP contribution >= 0.6 is 0 Å². The van der Waals surface area contributed by atoms with Crippen LogP contribution < -0.4 is 11.5 Å². The van der Waals surface area contributed by atoms with Gasteiger partial charge in [0.25, 0.3) is 17.7 Å². The number of nitrogens with zero attached hydrogens (tertiary/aromatic N) is 2. The van der Waals surface area contributed by atoms with Crippen LogP contribution in [0.2, 0.25) is 0 Å². The number of benzene rings is 1. The second-order valence-electron chi connectivity index (χ2n) is 6.35. The molecule has 2 aliphatic heterocycles. The maximum Gasteiger partial charge on any atom is 0.324 e. The average molecular weight is 374 g/mol. The number of fused-ring (bicyclic) bond motifs is 1. The van der Waals surface area contributed by atoms with Crippen molar-refractivity contribution in [2.24, 2.45) is 5.73 Å². The van der Waals surface area contributed by atoms with Gasteiger partial charge < -0.3 is 16.2 Å². The Bertz CT molecular complexity index is 865. The smallest absolute Gasteiger partial charge is 0.324 e. The van der Waals surface area contributed by atoms with Crippen molar-refractivity contribution in [1.29, 1.82) is 0 Å². The molecule has 2 atom stereocenters. The topological polar surface area (TPSA) is 153 Å². The minimum absolute atomic E-state index is 0.0131. The highest BCUT2D eigenvalue weighted by Crippen LogP contribution is 2.31. The molecule has 2 heterocycles. The van der Waals surface area contributed by atoms with E-state index in [1.54, 1.807) is 0 Å². The lowest BCUT2D eigenvalue weighted by Gasteiger charge is -2.34. The zero-order valence-electron chi connectivity index (χ0n) is 14.5. The second-order valence-corrected chi connectivity index (χ2v) is 6.35. The summed E-state index contributed by atoms with van der Waals surface area (Å²) in [6, 6.07) is 2.37. The highest BCUT2D eigenvalue weighted by Gasteiger charge is 2.47. The van der Waals surface area contributed by atoms with Gasteiger partial charge in [-0.25, -0.2) is 4.90 Å². The fourth-order valence-electron chi connectivity index (χ4n) is 3.07. The molecular weight excluding hydrogens is 356 g/mol. The lowest BCUT2D eigenvalue weighted by Crippen LogP contribution is -2.56. The molecule has 3 rings (SSSR count). The predicted molar refractivity (Wildman–Crippen MR) is 90.8 cm³/mol. The lowest BCUT2D eigenvalue weighted by atomic mass is 10.0. The number of carbonyl (C=O) groups is 5. The van der Waals surface area contributed by atoms with E-state index in [1.807, 2.05) is 0 Å². The quantitative estimate of drug-likeness (QED) is 0.396. The van der Waals surface area contributed by atoms with Crippen LogP contribution in [0.15, 0.2) is 18.2 Å². The number of amides is 4. The van der Waals surface area contributed by atoms with Gasteiger partial charge in [-0.2, -0.15) is 0 Å². The Hall–Kier alpha value is -3.27. The number of rotatable bonds is 4. The second kappa shape index (κ2) is 6.80. The van der Waals surface area contributed by atoms with Crippen molar-refractivity contribution in [3.63, 3.8) is 0 Å². The van der Waals surface area contributed by atoms with Crippen molar-refractivity contribution < 1.29 is 28.7 Å². The summed E-state index contributed by atoms with van der Waals surface area (Å²) in [4.78, 5) is 63.1. The molecule has 4 amide bonds. The molecule has 142 valence electrons. The molecule has 4 N–H and O–H groups in total. The van der Waals surface area contributed by atoms with E-state index in [-0.39, 0.29) is 29.7 Å². The van der Waals surface area contributed by atoms with Crippen molar-refractivity contribution in [3.05, 3.63) is 29.3 Å². The number of anilines is 1. The molecule has 0 spiro atoms. The number of nitrogens with two attached hydrogens (primary N) is 2. The van der Waals surface area contributed by atoms with Crippen LogP contribution in [0.5, 0.6) is 0 Å². The van der Waals surface area contributed by atoms with Crippen molar-refractivity contribution in [3.8, 4) is 0 Å². The minimum Gasteiger partial charge on any atom is -0.443 e. The Morgan fingerprint density at radius 2 is 1.96 bits per heavy atom. The molecule has 27 heavy (non-hydrogen) atoms. The van der Waals surface area contributed by atoms with Gasteiger partial charge in [0.1, 0.15) is 12.1 Å². The fourth-order valence-corrected chi connectivity index (χ4v) is 3.07. The summed E-state index contributed by atoms with van der Waals surface area (Å²) in [5.41, 5.74) is 11.5. The van der Waals surface area contributed by atoms with E-state index >= 15 is 0 Å². The first-order valence-corrected chi connectivity index (χ1v) is 8.26. The van der Waals surface area contributed by atoms with Gasteiger partial charge in [-0.3, -0.25) is 28.9 Å². The average Bonchev–Trinajstić information content (AvgIpc) is 2.87. The molecule has 2 aliphatic rings. The number of hydrogen-bond donors (Lipinski definition) is 2. The van der Waals surface area contributed by atoms with E-state index in [1.165, 1.54) is 25.1 Å². The SMILES string of the molecule is C[C@H](N)C(=O)OCN1C(=O)CCC(N2C(=O)c3cccc(N)c3C2=O)C1=O. The van der Waals surface area contributed by atoms with Crippen LogP contribution in [0.4, 0.5) is 5.69 Å². The van der Waals surface area contributed by atoms with Gasteiger partial charge in [0.2, 0.25) is 5.91 Å². The number of piperidine rings is 1. The zero-order valence-corrected chi connectivity index (χ0v) is 14.5. The number of likely N-dealkylation sites (tertiary alicyclic amines) is 1. The Kier molecular flexibility index (Phi) is 4.66. The van der Waals surface area contributed by atoms with Crippen molar-refractivity contribution >= 4 is 35.3 Å². The van der Waals surface area contributed by atoms with Crippen molar-refractivity contribution in [2.45, 2.75) is 31.8 Å². The third-order valence-electron chi connectivity index (χ3n) is 4.48. The Morgan fingerprint density at radius 1 is 1.26 bits per heavy atom. The molecule has 1 fully saturated rings. The van der Waals surface area contributed by atoms with E-state index in [0.717, 1.165) is 4.90 Å². The first-order valence-electron chi connectivity index (χ1n) is 8.26. The van der Waals surface area contributed by atoms with Crippen LogP contribution in [0.25, 0.3) is 0 Å². The van der Waals surface area contributed by atoms with Crippen LogP contribution in [-0.4, -0.2) is 58.2 Å². The number of esters is 1. The van der Waals surface area contributed by atoms with Gasteiger partial charge in [0.05, 0.1) is 11.1 Å². The molecule has 1 saturated heterocycles. The summed E-state index contributed by atoms with van der Waals surface area (Å²) in [6.07, 6.45) is -0.101. The van der Waals surface area contributed by atoms with E-state index in [2.05, 4.69) is 0 Å². The molecule has 0 bridgehead atoms. The standard InChI is InChI=1S/C17H18N4O6/c1-8(18)17(26)27-7-20-12(22)6-5-11(15(20)24)21-14(23)9-3-2-4-10(19)13(9)16(21)25/h2-4,8,11H,5-7,18-19H2,1H3/t8-,11?/m0/s1. The van der Waals surface area contributed by atoms with Gasteiger partial charge in [0, 0.05) is 12.1 Å². The van der Waals surface area contributed by atoms with Crippen LogP contribution in [0.1, 0.15) is 40.5 Å². The first-order chi connectivity index (χ1) is 12.7. The lowest BCUT2D eigenvalue weighted by molar-refractivity contribution is -0.164. The summed E-state index contributed by atoms with van der Waals surface area (Å²) in [7, 11) is 0. The van der Waals surface area contributed by atoms with Gasteiger partial charge in [-0.15, -0.1) is 0 Å². The highest BCUT2D eigenvalue weighted by molar-refractivity contribution is 6.25. The van der Waals surface area contributed by atoms with Crippen LogP contribution in [0.3, 0.4) is 0 Å². The number of hydrogen-bond acceptors (Lipinski definition) is 8. The Morgan fingerprint density at radius 3 is 2.59 bits per heavy atom. The molecule has 1 aromatic rings. The number of ether oxygens (including phenoxy) is 1. The van der Waals surface area contributed by atoms with Gasteiger partial charge >= 0.3 is 5.97 Å². The molecule has 10 nitrogen and oxygen atoms in total. The normalized spacial score (nSPS) is 20.7. The minimum atomic E-state index is -1.18. The summed E-state index contributed by atoms with van der Waals surface area (Å²) in [5.74, 6) is -3.48. The third-order valence-corrected chi connectivity index (χ3v) is 4.48. The summed E-state index contributed by atoms with van der Waals surface area (Å²) < 4.78 is 4.84. The maximum atomic E-state index is 12.7. The molecule has 1 unspecified atom stereocenters.